The number of fused-ring (bicyclic) bond motifs is 1. The number of aromatic amines is 1. The number of nitro groups is 1. The summed E-state index contributed by atoms with van der Waals surface area (Å²) >= 11 is 0. The van der Waals surface area contributed by atoms with Crippen LogP contribution in [-0.4, -0.2) is 41.1 Å². The molecule has 112 valence electrons. The number of H-pyrrole nitrogens is 1. The minimum Gasteiger partial charge on any atom is -0.344 e. The van der Waals surface area contributed by atoms with E-state index >= 15 is 0 Å². The van der Waals surface area contributed by atoms with E-state index in [2.05, 4.69) is 20.2 Å². The largest absolute Gasteiger partial charge is 0.344 e. The van der Waals surface area contributed by atoms with Crippen LogP contribution in [0.5, 0.6) is 0 Å². The lowest BCUT2D eigenvalue weighted by Gasteiger charge is -2.27. The molecular formula is C14H19N5O2. The van der Waals surface area contributed by atoms with Gasteiger partial charge in [0, 0.05) is 31.8 Å². The summed E-state index contributed by atoms with van der Waals surface area (Å²) in [6.45, 7) is 1.95. The Labute approximate surface area is 122 Å². The van der Waals surface area contributed by atoms with E-state index in [-0.39, 0.29) is 5.69 Å². The normalized spacial score (nSPS) is 18.8. The number of likely N-dealkylation sites (N-methyl/N-ethyl adjacent to an activating group) is 1. The first-order valence-electron chi connectivity index (χ1n) is 7.22. The summed E-state index contributed by atoms with van der Waals surface area (Å²) in [5.74, 6) is 0.748. The molecule has 7 nitrogen and oxygen atoms in total. The van der Waals surface area contributed by atoms with Gasteiger partial charge in [-0.1, -0.05) is 6.42 Å². The summed E-state index contributed by atoms with van der Waals surface area (Å²) in [5, 5.41) is 14.3. The van der Waals surface area contributed by atoms with Gasteiger partial charge in [-0.3, -0.25) is 10.1 Å². The van der Waals surface area contributed by atoms with Gasteiger partial charge in [0.25, 0.3) is 5.69 Å². The summed E-state index contributed by atoms with van der Waals surface area (Å²) < 4.78 is 0. The highest BCUT2D eigenvalue weighted by molar-refractivity contribution is 5.80. The smallest absolute Gasteiger partial charge is 0.271 e. The maximum atomic E-state index is 10.8. The minimum atomic E-state index is -0.393. The summed E-state index contributed by atoms with van der Waals surface area (Å²) in [4.78, 5) is 20.1. The molecule has 1 aliphatic rings. The van der Waals surface area contributed by atoms with Crippen LogP contribution < -0.4 is 10.2 Å². The van der Waals surface area contributed by atoms with Crippen molar-refractivity contribution in [3.8, 4) is 0 Å². The van der Waals surface area contributed by atoms with E-state index in [0.29, 0.717) is 11.6 Å². The fourth-order valence-electron chi connectivity index (χ4n) is 2.78. The van der Waals surface area contributed by atoms with Gasteiger partial charge in [0.2, 0.25) is 5.95 Å². The molecule has 3 rings (SSSR count). The molecule has 1 aromatic carbocycles. The SMILES string of the molecule is CN(C[C@@H]1CCCCN1)c1nc2ccc([N+](=O)[O-])cc2[nH]1. The predicted octanol–water partition coefficient (Wildman–Crippen LogP) is 2.05. The minimum absolute atomic E-state index is 0.0781. The molecule has 0 aliphatic carbocycles. The Hall–Kier alpha value is -2.15. The molecule has 2 N–H and O–H groups in total. The number of aromatic nitrogens is 2. The standard InChI is InChI=1S/C14H19N5O2/c1-18(9-10-4-2-3-7-15-10)14-16-12-6-5-11(19(20)21)8-13(12)17-14/h5-6,8,10,15H,2-4,7,9H2,1H3,(H,16,17)/t10-/m0/s1. The van der Waals surface area contributed by atoms with Crippen molar-refractivity contribution in [1.82, 2.24) is 15.3 Å². The van der Waals surface area contributed by atoms with Gasteiger partial charge in [0.1, 0.15) is 0 Å². The molecule has 21 heavy (non-hydrogen) atoms. The van der Waals surface area contributed by atoms with Gasteiger partial charge in [0.15, 0.2) is 0 Å². The van der Waals surface area contributed by atoms with Crippen LogP contribution in [0, 0.1) is 10.1 Å². The maximum absolute atomic E-state index is 10.8. The summed E-state index contributed by atoms with van der Waals surface area (Å²) in [6, 6.07) is 5.17. The highest BCUT2D eigenvalue weighted by atomic mass is 16.6. The first kappa shape index (κ1) is 13.8. The van der Waals surface area contributed by atoms with Gasteiger partial charge >= 0.3 is 0 Å². The molecule has 0 bridgehead atoms. The van der Waals surface area contributed by atoms with Crippen LogP contribution >= 0.6 is 0 Å². The first-order valence-corrected chi connectivity index (χ1v) is 7.22. The monoisotopic (exact) mass is 289 g/mol. The molecule has 7 heteroatoms. The van der Waals surface area contributed by atoms with E-state index in [1.165, 1.54) is 31.4 Å². The molecule has 1 aliphatic heterocycles. The lowest BCUT2D eigenvalue weighted by molar-refractivity contribution is -0.384. The van der Waals surface area contributed by atoms with Crippen molar-refractivity contribution in [3.63, 3.8) is 0 Å². The van der Waals surface area contributed by atoms with Crippen molar-refractivity contribution in [2.24, 2.45) is 0 Å². The topological polar surface area (TPSA) is 87.1 Å². The van der Waals surface area contributed by atoms with Crippen LogP contribution in [0.3, 0.4) is 0 Å². The highest BCUT2D eigenvalue weighted by Crippen LogP contribution is 2.22. The number of hydrogen-bond acceptors (Lipinski definition) is 5. The van der Waals surface area contributed by atoms with Crippen molar-refractivity contribution >= 4 is 22.7 Å². The number of hydrogen-bond donors (Lipinski definition) is 2. The van der Waals surface area contributed by atoms with Gasteiger partial charge in [-0.25, -0.2) is 4.98 Å². The lowest BCUT2D eigenvalue weighted by Crippen LogP contribution is -2.42. The van der Waals surface area contributed by atoms with Crippen LogP contribution in [-0.2, 0) is 0 Å². The number of rotatable bonds is 4. The zero-order valence-corrected chi connectivity index (χ0v) is 12.0. The molecule has 1 saturated heterocycles. The Bertz CT molecular complexity index is 648. The molecule has 0 saturated carbocycles. The fourth-order valence-corrected chi connectivity index (χ4v) is 2.78. The summed E-state index contributed by atoms with van der Waals surface area (Å²) in [5.41, 5.74) is 1.52. The van der Waals surface area contributed by atoms with E-state index in [1.54, 1.807) is 6.07 Å². The van der Waals surface area contributed by atoms with Crippen molar-refractivity contribution < 1.29 is 4.92 Å². The number of anilines is 1. The third-order valence-corrected chi connectivity index (χ3v) is 3.93. The number of piperidine rings is 1. The van der Waals surface area contributed by atoms with E-state index < -0.39 is 4.92 Å². The summed E-state index contributed by atoms with van der Waals surface area (Å²) in [6.07, 6.45) is 3.68. The third kappa shape index (κ3) is 2.97. The quantitative estimate of drug-likeness (QED) is 0.664. The maximum Gasteiger partial charge on any atom is 0.271 e. The van der Waals surface area contributed by atoms with Gasteiger partial charge in [-0.05, 0) is 25.5 Å². The molecule has 1 fully saturated rings. The first-order chi connectivity index (χ1) is 10.1. The van der Waals surface area contributed by atoms with Crippen molar-refractivity contribution in [1.29, 1.82) is 0 Å². The van der Waals surface area contributed by atoms with Crippen LogP contribution in [0.2, 0.25) is 0 Å². The molecule has 1 aromatic heterocycles. The molecular weight excluding hydrogens is 270 g/mol. The molecule has 0 unspecified atom stereocenters. The number of nitrogens with zero attached hydrogens (tertiary/aromatic N) is 3. The van der Waals surface area contributed by atoms with Gasteiger partial charge in [0.05, 0.1) is 16.0 Å². The van der Waals surface area contributed by atoms with E-state index in [4.69, 9.17) is 0 Å². The number of imidazole rings is 1. The van der Waals surface area contributed by atoms with Crippen LogP contribution in [0.25, 0.3) is 11.0 Å². The second kappa shape index (κ2) is 5.69. The van der Waals surface area contributed by atoms with Crippen molar-refractivity contribution in [3.05, 3.63) is 28.3 Å². The number of nitro benzene ring substituents is 1. The summed E-state index contributed by atoms with van der Waals surface area (Å²) in [7, 11) is 1.99. The Balaban J connectivity index is 1.78. The fraction of sp³-hybridized carbons (Fsp3) is 0.500. The molecule has 0 amide bonds. The molecule has 2 aromatic rings. The zero-order chi connectivity index (χ0) is 14.8. The van der Waals surface area contributed by atoms with Crippen molar-refractivity contribution in [2.45, 2.75) is 25.3 Å². The van der Waals surface area contributed by atoms with E-state index in [9.17, 15) is 10.1 Å². The second-order valence-corrected chi connectivity index (χ2v) is 5.55. The molecule has 0 radical (unpaired) electrons. The molecule has 1 atom stereocenters. The number of nitrogens with one attached hydrogen (secondary N) is 2. The molecule has 2 heterocycles. The lowest BCUT2D eigenvalue weighted by atomic mass is 10.1. The Morgan fingerprint density at radius 3 is 3.05 bits per heavy atom. The number of non-ortho nitro benzene ring substituents is 1. The molecule has 0 spiro atoms. The van der Waals surface area contributed by atoms with E-state index in [0.717, 1.165) is 24.6 Å². The average molecular weight is 289 g/mol. The second-order valence-electron chi connectivity index (χ2n) is 5.55. The van der Waals surface area contributed by atoms with Gasteiger partial charge in [-0.2, -0.15) is 0 Å². The Morgan fingerprint density at radius 2 is 2.33 bits per heavy atom. The number of benzene rings is 1. The van der Waals surface area contributed by atoms with Gasteiger partial charge < -0.3 is 15.2 Å². The third-order valence-electron chi connectivity index (χ3n) is 3.93. The van der Waals surface area contributed by atoms with Gasteiger partial charge in [-0.15, -0.1) is 0 Å². The van der Waals surface area contributed by atoms with Crippen LogP contribution in [0.1, 0.15) is 19.3 Å². The zero-order valence-electron chi connectivity index (χ0n) is 12.0. The van der Waals surface area contributed by atoms with Crippen LogP contribution in [0.4, 0.5) is 11.6 Å². The Morgan fingerprint density at radius 1 is 1.48 bits per heavy atom. The Kier molecular flexibility index (Phi) is 3.74. The van der Waals surface area contributed by atoms with Crippen molar-refractivity contribution in [2.75, 3.05) is 25.0 Å². The highest BCUT2D eigenvalue weighted by Gasteiger charge is 2.17. The predicted molar refractivity (Wildman–Crippen MR) is 81.7 cm³/mol. The van der Waals surface area contributed by atoms with E-state index in [1.807, 2.05) is 7.05 Å². The average Bonchev–Trinajstić information content (AvgIpc) is 2.91. The van der Waals surface area contributed by atoms with Crippen LogP contribution in [0.15, 0.2) is 18.2 Å².